The molecule has 0 aromatic heterocycles. The Morgan fingerprint density at radius 2 is 2.00 bits per heavy atom. The van der Waals surface area contributed by atoms with Gasteiger partial charge < -0.3 is 0 Å². The Hall–Kier alpha value is -0.900. The molecule has 4 heteroatoms. The van der Waals surface area contributed by atoms with Crippen LogP contribution in [0, 0.1) is 11.6 Å². The third kappa shape index (κ3) is 4.11. The summed E-state index contributed by atoms with van der Waals surface area (Å²) >= 11 is 1.70. The van der Waals surface area contributed by atoms with Gasteiger partial charge >= 0.3 is 0 Å². The average Bonchev–Trinajstić information content (AvgIpc) is 2.72. The van der Waals surface area contributed by atoms with Gasteiger partial charge in [-0.15, -0.1) is 11.8 Å². The predicted octanol–water partition coefficient (Wildman–Crippen LogP) is 4.07. The van der Waals surface area contributed by atoms with Gasteiger partial charge in [0.1, 0.15) is 0 Å². The quantitative estimate of drug-likeness (QED) is 0.778. The lowest BCUT2D eigenvalue weighted by molar-refractivity contribution is 0.507. The topological polar surface area (TPSA) is 12.4 Å². The lowest BCUT2D eigenvalue weighted by Crippen LogP contribution is -2.07. The Bertz CT molecular complexity index is 404. The van der Waals surface area contributed by atoms with Crippen LogP contribution < -0.4 is 0 Å². The molecule has 1 atom stereocenters. The van der Waals surface area contributed by atoms with Crippen LogP contribution in [0.5, 0.6) is 0 Å². The molecule has 0 amide bonds. The highest BCUT2D eigenvalue weighted by Crippen LogP contribution is 2.24. The Morgan fingerprint density at radius 1 is 1.29 bits per heavy atom. The van der Waals surface area contributed by atoms with Crippen LogP contribution in [0.2, 0.25) is 0 Å². The van der Waals surface area contributed by atoms with Crippen molar-refractivity contribution in [3.8, 4) is 0 Å². The second-order valence-electron chi connectivity index (χ2n) is 3.55. The number of thioether (sulfide) groups is 1. The molecular formula is C13H17F2NS. The van der Waals surface area contributed by atoms with Crippen LogP contribution in [0.4, 0.5) is 8.78 Å². The second kappa shape index (κ2) is 6.74. The number of halogens is 2. The molecule has 1 aromatic rings. The van der Waals surface area contributed by atoms with Crippen LogP contribution in [0.1, 0.15) is 26.3 Å². The zero-order chi connectivity index (χ0) is 12.8. The summed E-state index contributed by atoms with van der Waals surface area (Å²) in [5.41, 5.74) is 0.830. The number of rotatable bonds is 2. The molecule has 1 nitrogen and oxygen atoms in total. The highest BCUT2D eigenvalue weighted by atomic mass is 32.2. The van der Waals surface area contributed by atoms with Crippen molar-refractivity contribution in [1.82, 2.24) is 0 Å². The van der Waals surface area contributed by atoms with Crippen molar-refractivity contribution < 1.29 is 8.78 Å². The second-order valence-corrected chi connectivity index (χ2v) is 5.05. The van der Waals surface area contributed by atoms with E-state index in [1.54, 1.807) is 17.8 Å². The Balaban J connectivity index is 0.000000686. The summed E-state index contributed by atoms with van der Waals surface area (Å²) < 4.78 is 25.6. The minimum absolute atomic E-state index is 0.370. The van der Waals surface area contributed by atoms with Gasteiger partial charge in [0.05, 0.1) is 11.6 Å². The molecule has 1 heterocycles. The SMILES string of the molecule is CC.CC1=NCC(Cc2ccc(F)c(F)c2)S1. The van der Waals surface area contributed by atoms with Gasteiger partial charge in [-0.1, -0.05) is 19.9 Å². The molecular weight excluding hydrogens is 240 g/mol. The van der Waals surface area contributed by atoms with Crippen LogP contribution >= 0.6 is 11.8 Å². The van der Waals surface area contributed by atoms with Gasteiger partial charge in [-0.05, 0) is 31.0 Å². The maximum Gasteiger partial charge on any atom is 0.159 e. The largest absolute Gasteiger partial charge is 0.282 e. The number of aliphatic imine (C=N–C) groups is 1. The summed E-state index contributed by atoms with van der Waals surface area (Å²) in [7, 11) is 0. The fourth-order valence-corrected chi connectivity index (χ4v) is 2.64. The van der Waals surface area contributed by atoms with E-state index >= 15 is 0 Å². The molecule has 94 valence electrons. The molecule has 17 heavy (non-hydrogen) atoms. The van der Waals surface area contributed by atoms with E-state index in [2.05, 4.69) is 4.99 Å². The van der Waals surface area contributed by atoms with E-state index in [1.807, 2.05) is 20.8 Å². The van der Waals surface area contributed by atoms with Gasteiger partial charge in [0, 0.05) is 5.25 Å². The van der Waals surface area contributed by atoms with Gasteiger partial charge in [-0.2, -0.15) is 0 Å². The zero-order valence-electron chi connectivity index (χ0n) is 10.3. The Morgan fingerprint density at radius 3 is 2.53 bits per heavy atom. The van der Waals surface area contributed by atoms with Gasteiger partial charge in [-0.3, -0.25) is 4.99 Å². The smallest absolute Gasteiger partial charge is 0.159 e. The van der Waals surface area contributed by atoms with E-state index in [4.69, 9.17) is 0 Å². The molecule has 0 saturated carbocycles. The first-order valence-corrected chi connectivity index (χ1v) is 6.65. The first-order valence-electron chi connectivity index (χ1n) is 5.77. The molecule has 1 aliphatic heterocycles. The van der Waals surface area contributed by atoms with Crippen LogP contribution in [-0.4, -0.2) is 16.8 Å². The third-order valence-corrected chi connectivity index (χ3v) is 3.42. The number of benzene rings is 1. The molecule has 2 rings (SSSR count). The summed E-state index contributed by atoms with van der Waals surface area (Å²) in [6.45, 7) is 6.74. The van der Waals surface area contributed by atoms with Gasteiger partial charge in [0.15, 0.2) is 11.6 Å². The molecule has 1 aromatic carbocycles. The third-order valence-electron chi connectivity index (χ3n) is 2.30. The maximum atomic E-state index is 12.9. The minimum atomic E-state index is -0.787. The van der Waals surface area contributed by atoms with Crippen LogP contribution in [0.15, 0.2) is 23.2 Å². The first-order chi connectivity index (χ1) is 8.15. The van der Waals surface area contributed by atoms with Crippen LogP contribution in [0.25, 0.3) is 0 Å². The summed E-state index contributed by atoms with van der Waals surface area (Å²) in [6, 6.07) is 4.08. The average molecular weight is 257 g/mol. The monoisotopic (exact) mass is 257 g/mol. The molecule has 0 saturated heterocycles. The number of hydrogen-bond donors (Lipinski definition) is 0. The summed E-state index contributed by atoms with van der Waals surface area (Å²) in [6.07, 6.45) is 0.739. The standard InChI is InChI=1S/C11H11F2NS.C2H6/c1-7-14-6-9(15-7)4-8-2-3-10(12)11(13)5-8;1-2/h2-3,5,9H,4,6H2,1H3;1-2H3. The van der Waals surface area contributed by atoms with E-state index in [0.29, 0.717) is 5.25 Å². The Kier molecular flexibility index (Phi) is 5.62. The van der Waals surface area contributed by atoms with Crippen LogP contribution in [0.3, 0.4) is 0 Å². The van der Waals surface area contributed by atoms with E-state index in [-0.39, 0.29) is 0 Å². The van der Waals surface area contributed by atoms with Crippen LogP contribution in [-0.2, 0) is 6.42 Å². The summed E-state index contributed by atoms with van der Waals surface area (Å²) in [5, 5.41) is 1.44. The molecule has 0 spiro atoms. The van der Waals surface area contributed by atoms with E-state index in [1.165, 1.54) is 12.1 Å². The number of hydrogen-bond acceptors (Lipinski definition) is 2. The van der Waals surface area contributed by atoms with Crippen molar-refractivity contribution in [2.24, 2.45) is 4.99 Å². The lowest BCUT2D eigenvalue weighted by atomic mass is 10.1. The van der Waals surface area contributed by atoms with Crippen molar-refractivity contribution in [3.05, 3.63) is 35.4 Å². The van der Waals surface area contributed by atoms with E-state index in [0.717, 1.165) is 23.6 Å². The van der Waals surface area contributed by atoms with Crippen molar-refractivity contribution >= 4 is 16.8 Å². The van der Waals surface area contributed by atoms with Gasteiger partial charge in [0.25, 0.3) is 0 Å². The van der Waals surface area contributed by atoms with Gasteiger partial charge in [0.2, 0.25) is 0 Å². The maximum absolute atomic E-state index is 12.9. The molecule has 0 bridgehead atoms. The van der Waals surface area contributed by atoms with Crippen molar-refractivity contribution in [2.75, 3.05) is 6.54 Å². The van der Waals surface area contributed by atoms with Crippen molar-refractivity contribution in [3.63, 3.8) is 0 Å². The fraction of sp³-hybridized carbons (Fsp3) is 0.462. The van der Waals surface area contributed by atoms with Gasteiger partial charge in [-0.25, -0.2) is 8.78 Å². The Labute approximate surface area is 105 Å². The molecule has 0 N–H and O–H groups in total. The highest BCUT2D eigenvalue weighted by Gasteiger charge is 2.17. The first kappa shape index (κ1) is 14.2. The summed E-state index contributed by atoms with van der Waals surface area (Å²) in [5.74, 6) is -1.56. The molecule has 0 aliphatic carbocycles. The van der Waals surface area contributed by atoms with Crippen molar-refractivity contribution in [1.29, 1.82) is 0 Å². The molecule has 1 aliphatic rings. The molecule has 0 radical (unpaired) electrons. The molecule has 0 fully saturated rings. The fourth-order valence-electron chi connectivity index (χ4n) is 1.58. The minimum Gasteiger partial charge on any atom is -0.282 e. The van der Waals surface area contributed by atoms with Crippen molar-refractivity contribution in [2.45, 2.75) is 32.4 Å². The normalized spacial score (nSPS) is 18.4. The predicted molar refractivity (Wildman–Crippen MR) is 70.8 cm³/mol. The summed E-state index contributed by atoms with van der Waals surface area (Å²) in [4.78, 5) is 4.27. The number of nitrogens with zero attached hydrogens (tertiary/aromatic N) is 1. The van der Waals surface area contributed by atoms with E-state index < -0.39 is 11.6 Å². The zero-order valence-corrected chi connectivity index (χ0v) is 11.2. The molecule has 1 unspecified atom stereocenters. The highest BCUT2D eigenvalue weighted by molar-refractivity contribution is 8.14. The van der Waals surface area contributed by atoms with E-state index in [9.17, 15) is 8.78 Å². The lowest BCUT2D eigenvalue weighted by Gasteiger charge is -2.07.